The van der Waals surface area contributed by atoms with Gasteiger partial charge in [0.05, 0.1) is 18.1 Å². The van der Waals surface area contributed by atoms with Crippen LogP contribution in [0.2, 0.25) is 0 Å². The topological polar surface area (TPSA) is 81.2 Å². The van der Waals surface area contributed by atoms with Crippen molar-refractivity contribution in [1.29, 1.82) is 0 Å². The summed E-state index contributed by atoms with van der Waals surface area (Å²) in [6.07, 6.45) is 3.23. The number of hydrogen-bond donors (Lipinski definition) is 1. The Hall–Kier alpha value is -2.51. The molecule has 0 atom stereocenters. The fourth-order valence-corrected chi connectivity index (χ4v) is 3.76. The van der Waals surface area contributed by atoms with Crippen molar-refractivity contribution in [3.05, 3.63) is 59.4 Å². The van der Waals surface area contributed by atoms with Crippen LogP contribution in [-0.4, -0.2) is 25.5 Å². The van der Waals surface area contributed by atoms with Gasteiger partial charge in [0.25, 0.3) is 0 Å². The van der Waals surface area contributed by atoms with Crippen LogP contribution in [-0.2, 0) is 16.6 Å². The second-order valence-corrected chi connectivity index (χ2v) is 7.53. The maximum Gasteiger partial charge on any atom is 0.244 e. The molecule has 6 nitrogen and oxygen atoms in total. The smallest absolute Gasteiger partial charge is 0.244 e. The van der Waals surface area contributed by atoms with Crippen molar-refractivity contribution >= 4 is 21.1 Å². The van der Waals surface area contributed by atoms with Crippen molar-refractivity contribution in [3.8, 4) is 5.75 Å². The Morgan fingerprint density at radius 2 is 1.68 bits per heavy atom. The molecule has 0 radical (unpaired) electrons. The summed E-state index contributed by atoms with van der Waals surface area (Å²) in [4.78, 5) is 8.57. The highest BCUT2D eigenvalue weighted by molar-refractivity contribution is 7.89. The van der Waals surface area contributed by atoms with E-state index in [1.165, 1.54) is 7.11 Å². The van der Waals surface area contributed by atoms with Crippen molar-refractivity contribution in [2.75, 3.05) is 7.11 Å². The second-order valence-electron chi connectivity index (χ2n) is 5.79. The molecule has 0 aliphatic carbocycles. The number of aryl methyl sites for hydroxylation is 2. The minimum Gasteiger partial charge on any atom is -0.495 e. The second kappa shape index (κ2) is 6.78. The van der Waals surface area contributed by atoms with Gasteiger partial charge in [-0.3, -0.25) is 9.97 Å². The van der Waals surface area contributed by atoms with Gasteiger partial charge in [-0.15, -0.1) is 0 Å². The Kier molecular flexibility index (Phi) is 4.69. The highest BCUT2D eigenvalue weighted by Crippen LogP contribution is 2.27. The highest BCUT2D eigenvalue weighted by atomic mass is 32.2. The van der Waals surface area contributed by atoms with E-state index in [-0.39, 0.29) is 11.4 Å². The monoisotopic (exact) mass is 357 g/mol. The van der Waals surface area contributed by atoms with E-state index in [4.69, 9.17) is 4.74 Å². The molecule has 0 bridgehead atoms. The van der Waals surface area contributed by atoms with Crippen LogP contribution in [0.3, 0.4) is 0 Å². The lowest BCUT2D eigenvalue weighted by Crippen LogP contribution is -2.24. The van der Waals surface area contributed by atoms with E-state index in [1.807, 2.05) is 32.0 Å². The van der Waals surface area contributed by atoms with Gasteiger partial charge in [0.15, 0.2) is 0 Å². The molecule has 0 fully saturated rings. The fraction of sp³-hybridized carbons (Fsp3) is 0.222. The van der Waals surface area contributed by atoms with E-state index < -0.39 is 10.0 Å². The summed E-state index contributed by atoms with van der Waals surface area (Å²) in [5, 5.41) is 0. The molecule has 1 heterocycles. The quantitative estimate of drug-likeness (QED) is 0.759. The number of fused-ring (bicyclic) bond motifs is 1. The SMILES string of the molecule is COc1cc(C)c(C)cc1S(=O)(=O)NCc1ccc2nccnc2c1. The molecule has 0 unspecified atom stereocenters. The van der Waals surface area contributed by atoms with Crippen molar-refractivity contribution in [3.63, 3.8) is 0 Å². The van der Waals surface area contributed by atoms with Gasteiger partial charge in [0.1, 0.15) is 10.6 Å². The number of nitrogens with zero attached hydrogens (tertiary/aromatic N) is 2. The molecule has 130 valence electrons. The molecule has 1 aromatic heterocycles. The first-order chi connectivity index (χ1) is 11.9. The van der Waals surface area contributed by atoms with Gasteiger partial charge in [-0.05, 0) is 54.8 Å². The first kappa shape index (κ1) is 17.3. The van der Waals surface area contributed by atoms with E-state index in [9.17, 15) is 8.42 Å². The molecule has 3 aromatic rings. The standard InChI is InChI=1S/C18H19N3O3S/c1-12-8-17(24-3)18(9-13(12)2)25(22,23)21-11-14-4-5-15-16(10-14)20-7-6-19-15/h4-10,21H,11H2,1-3H3. The number of ether oxygens (including phenoxy) is 1. The highest BCUT2D eigenvalue weighted by Gasteiger charge is 2.20. The first-order valence-electron chi connectivity index (χ1n) is 7.75. The molecule has 0 amide bonds. The Labute approximate surface area is 146 Å². The van der Waals surface area contributed by atoms with Crippen LogP contribution in [0.25, 0.3) is 11.0 Å². The van der Waals surface area contributed by atoms with Crippen molar-refractivity contribution in [1.82, 2.24) is 14.7 Å². The predicted molar refractivity (Wildman–Crippen MR) is 96.0 cm³/mol. The fourth-order valence-electron chi connectivity index (χ4n) is 2.51. The van der Waals surface area contributed by atoms with E-state index in [1.54, 1.807) is 24.5 Å². The number of rotatable bonds is 5. The third kappa shape index (κ3) is 3.62. The summed E-state index contributed by atoms with van der Waals surface area (Å²) in [5.74, 6) is 0.333. The third-order valence-electron chi connectivity index (χ3n) is 4.07. The lowest BCUT2D eigenvalue weighted by Gasteiger charge is -2.13. The molecule has 0 saturated carbocycles. The average molecular weight is 357 g/mol. The summed E-state index contributed by atoms with van der Waals surface area (Å²) >= 11 is 0. The zero-order valence-electron chi connectivity index (χ0n) is 14.3. The summed E-state index contributed by atoms with van der Waals surface area (Å²) in [5.41, 5.74) is 4.17. The largest absolute Gasteiger partial charge is 0.495 e. The third-order valence-corrected chi connectivity index (χ3v) is 5.49. The first-order valence-corrected chi connectivity index (χ1v) is 9.23. The van der Waals surface area contributed by atoms with Crippen LogP contribution in [0.1, 0.15) is 16.7 Å². The van der Waals surface area contributed by atoms with E-state index in [0.717, 1.165) is 27.7 Å². The molecular formula is C18H19N3O3S. The van der Waals surface area contributed by atoms with Crippen LogP contribution in [0, 0.1) is 13.8 Å². The minimum atomic E-state index is -3.70. The molecule has 25 heavy (non-hydrogen) atoms. The van der Waals surface area contributed by atoms with Gasteiger partial charge in [-0.25, -0.2) is 13.1 Å². The molecule has 7 heteroatoms. The van der Waals surface area contributed by atoms with Crippen molar-refractivity contribution in [2.45, 2.75) is 25.3 Å². The molecule has 2 aromatic carbocycles. The van der Waals surface area contributed by atoms with Crippen LogP contribution in [0.15, 0.2) is 47.6 Å². The molecule has 0 aliphatic heterocycles. The summed E-state index contributed by atoms with van der Waals surface area (Å²) in [6.45, 7) is 3.94. The Balaban J connectivity index is 1.87. The Bertz CT molecular complexity index is 1030. The van der Waals surface area contributed by atoms with Gasteiger partial charge in [-0.1, -0.05) is 6.07 Å². The summed E-state index contributed by atoms with van der Waals surface area (Å²) in [7, 11) is -2.24. The average Bonchev–Trinajstić information content (AvgIpc) is 2.61. The van der Waals surface area contributed by atoms with E-state index >= 15 is 0 Å². The van der Waals surface area contributed by atoms with Gasteiger partial charge >= 0.3 is 0 Å². The van der Waals surface area contributed by atoms with Crippen LogP contribution < -0.4 is 9.46 Å². The van der Waals surface area contributed by atoms with Gasteiger partial charge in [-0.2, -0.15) is 0 Å². The zero-order chi connectivity index (χ0) is 18.0. The zero-order valence-corrected chi connectivity index (χ0v) is 15.1. The van der Waals surface area contributed by atoms with Crippen LogP contribution in [0.4, 0.5) is 0 Å². The van der Waals surface area contributed by atoms with Crippen LogP contribution in [0.5, 0.6) is 5.75 Å². The number of sulfonamides is 1. The molecular weight excluding hydrogens is 338 g/mol. The van der Waals surface area contributed by atoms with E-state index in [2.05, 4.69) is 14.7 Å². The minimum absolute atomic E-state index is 0.138. The number of methoxy groups -OCH3 is 1. The van der Waals surface area contributed by atoms with Crippen LogP contribution >= 0.6 is 0 Å². The molecule has 0 spiro atoms. The summed E-state index contributed by atoms with van der Waals surface area (Å²) < 4.78 is 33.2. The number of hydrogen-bond acceptors (Lipinski definition) is 5. The number of aromatic nitrogens is 2. The van der Waals surface area contributed by atoms with E-state index in [0.29, 0.717) is 5.75 Å². The maximum absolute atomic E-state index is 12.7. The van der Waals surface area contributed by atoms with Crippen molar-refractivity contribution < 1.29 is 13.2 Å². The summed E-state index contributed by atoms with van der Waals surface area (Å²) in [6, 6.07) is 8.83. The molecule has 0 aliphatic rings. The van der Waals surface area contributed by atoms with Gasteiger partial charge < -0.3 is 4.74 Å². The van der Waals surface area contributed by atoms with Crippen molar-refractivity contribution in [2.24, 2.45) is 0 Å². The maximum atomic E-state index is 12.7. The predicted octanol–water partition coefficient (Wildman–Crippen LogP) is 2.73. The number of nitrogens with one attached hydrogen (secondary N) is 1. The Morgan fingerprint density at radius 3 is 2.40 bits per heavy atom. The molecule has 0 saturated heterocycles. The molecule has 3 rings (SSSR count). The number of benzene rings is 2. The normalized spacial score (nSPS) is 11.6. The molecule has 1 N–H and O–H groups in total. The lowest BCUT2D eigenvalue weighted by molar-refractivity contribution is 0.402. The Morgan fingerprint density at radius 1 is 1.00 bits per heavy atom. The lowest BCUT2D eigenvalue weighted by atomic mass is 10.1. The van der Waals surface area contributed by atoms with Gasteiger partial charge in [0.2, 0.25) is 10.0 Å². The van der Waals surface area contributed by atoms with Gasteiger partial charge in [0, 0.05) is 18.9 Å².